The van der Waals surface area contributed by atoms with E-state index in [1.165, 1.54) is 20.3 Å². The lowest BCUT2D eigenvalue weighted by Gasteiger charge is -2.11. The molecule has 142 valence electrons. The maximum absolute atomic E-state index is 12.1. The van der Waals surface area contributed by atoms with E-state index in [1.807, 2.05) is 37.3 Å². The van der Waals surface area contributed by atoms with Gasteiger partial charge < -0.3 is 19.9 Å². The van der Waals surface area contributed by atoms with Crippen molar-refractivity contribution in [2.45, 2.75) is 13.5 Å². The van der Waals surface area contributed by atoms with E-state index in [9.17, 15) is 9.59 Å². The lowest BCUT2D eigenvalue weighted by Crippen LogP contribution is -2.28. The molecule has 0 fully saturated rings. The Hall–Kier alpha value is -3.48. The highest BCUT2D eigenvalue weighted by Gasteiger charge is 2.15. The first-order chi connectivity index (χ1) is 12.9. The van der Waals surface area contributed by atoms with Gasteiger partial charge in [-0.3, -0.25) is 5.32 Å². The van der Waals surface area contributed by atoms with Crippen LogP contribution < -0.4 is 15.8 Å². The van der Waals surface area contributed by atoms with Crippen LogP contribution in [0, 0.1) is 6.92 Å². The molecular formula is C20H22N2O5. The summed E-state index contributed by atoms with van der Waals surface area (Å²) < 4.78 is 15.1. The van der Waals surface area contributed by atoms with E-state index >= 15 is 0 Å². The first-order valence-corrected chi connectivity index (χ1v) is 8.16. The molecule has 0 saturated heterocycles. The fourth-order valence-corrected chi connectivity index (χ4v) is 2.34. The largest absolute Gasteiger partial charge is 0.495 e. The molecular weight excluding hydrogens is 348 g/mol. The van der Waals surface area contributed by atoms with E-state index in [1.54, 1.807) is 12.1 Å². The van der Waals surface area contributed by atoms with Crippen molar-refractivity contribution >= 4 is 23.8 Å². The van der Waals surface area contributed by atoms with Crippen molar-refractivity contribution in [3.63, 3.8) is 0 Å². The molecule has 0 aliphatic carbocycles. The second-order valence-electron chi connectivity index (χ2n) is 5.69. The number of alkyl carbamates (subject to hydrolysis) is 1. The van der Waals surface area contributed by atoms with Gasteiger partial charge in [-0.05, 0) is 41.8 Å². The summed E-state index contributed by atoms with van der Waals surface area (Å²) in [7, 11) is 2.72. The van der Waals surface area contributed by atoms with Crippen molar-refractivity contribution in [1.29, 1.82) is 0 Å². The van der Waals surface area contributed by atoms with Gasteiger partial charge in [0, 0.05) is 0 Å². The van der Waals surface area contributed by atoms with Crippen molar-refractivity contribution in [2.24, 2.45) is 0 Å². The van der Waals surface area contributed by atoms with Crippen molar-refractivity contribution < 1.29 is 23.8 Å². The molecule has 0 radical (unpaired) electrons. The third kappa shape index (κ3) is 5.50. The molecule has 27 heavy (non-hydrogen) atoms. The predicted octanol–water partition coefficient (Wildman–Crippen LogP) is 3.03. The Morgan fingerprint density at radius 2 is 1.85 bits per heavy atom. The van der Waals surface area contributed by atoms with E-state index in [0.717, 1.165) is 11.1 Å². The van der Waals surface area contributed by atoms with Gasteiger partial charge in [-0.1, -0.05) is 30.3 Å². The molecule has 7 heteroatoms. The summed E-state index contributed by atoms with van der Waals surface area (Å²) >= 11 is 0. The van der Waals surface area contributed by atoms with Crippen LogP contribution in [0.25, 0.3) is 6.08 Å². The van der Waals surface area contributed by atoms with Crippen molar-refractivity contribution in [3.05, 3.63) is 64.9 Å². The molecule has 0 aliphatic heterocycles. The first-order valence-electron chi connectivity index (χ1n) is 8.16. The minimum atomic E-state index is -0.769. The van der Waals surface area contributed by atoms with Crippen molar-refractivity contribution in [1.82, 2.24) is 5.32 Å². The molecule has 1 amide bonds. The first kappa shape index (κ1) is 19.8. The lowest BCUT2D eigenvalue weighted by molar-refractivity contribution is -0.136. The van der Waals surface area contributed by atoms with E-state index in [2.05, 4.69) is 5.32 Å². The van der Waals surface area contributed by atoms with Crippen LogP contribution in [0.3, 0.4) is 0 Å². The average Bonchev–Trinajstić information content (AvgIpc) is 2.68. The van der Waals surface area contributed by atoms with Gasteiger partial charge in [0.25, 0.3) is 0 Å². The van der Waals surface area contributed by atoms with Gasteiger partial charge in [-0.25, -0.2) is 9.59 Å². The topological polar surface area (TPSA) is 99.9 Å². The molecule has 7 nitrogen and oxygen atoms in total. The minimum absolute atomic E-state index is 0.0678. The number of nitrogens with one attached hydrogen (secondary N) is 1. The fraction of sp³-hybridized carbons (Fsp3) is 0.200. The van der Waals surface area contributed by atoms with Crippen LogP contribution in [0.5, 0.6) is 5.75 Å². The average molecular weight is 370 g/mol. The number of hydrogen-bond donors (Lipinski definition) is 2. The van der Waals surface area contributed by atoms with Gasteiger partial charge in [-0.15, -0.1) is 0 Å². The third-order valence-electron chi connectivity index (χ3n) is 3.76. The number of benzene rings is 2. The SMILES string of the molecule is COC(=O)/C(=C/c1cc(C)c(N)c(OC)c1)NC(=O)OCc1ccccc1. The van der Waals surface area contributed by atoms with Crippen LogP contribution in [0.2, 0.25) is 0 Å². The number of methoxy groups -OCH3 is 2. The van der Waals surface area contributed by atoms with Gasteiger partial charge in [0.1, 0.15) is 18.1 Å². The Balaban J connectivity index is 2.17. The van der Waals surface area contributed by atoms with E-state index < -0.39 is 12.1 Å². The minimum Gasteiger partial charge on any atom is -0.495 e. The number of aryl methyl sites for hydroxylation is 1. The highest BCUT2D eigenvalue weighted by atomic mass is 16.6. The van der Waals surface area contributed by atoms with Crippen LogP contribution in [0.15, 0.2) is 48.2 Å². The zero-order valence-corrected chi connectivity index (χ0v) is 15.4. The van der Waals surface area contributed by atoms with E-state index in [-0.39, 0.29) is 12.3 Å². The molecule has 2 aromatic carbocycles. The molecule has 0 aliphatic rings. The van der Waals surface area contributed by atoms with E-state index in [0.29, 0.717) is 17.0 Å². The third-order valence-corrected chi connectivity index (χ3v) is 3.76. The Labute approximate surface area is 157 Å². The zero-order valence-electron chi connectivity index (χ0n) is 15.4. The normalized spacial score (nSPS) is 10.9. The van der Waals surface area contributed by atoms with Crippen LogP contribution in [0.1, 0.15) is 16.7 Å². The smallest absolute Gasteiger partial charge is 0.412 e. The summed E-state index contributed by atoms with van der Waals surface area (Å²) in [6.07, 6.45) is 0.694. The van der Waals surface area contributed by atoms with Crippen LogP contribution >= 0.6 is 0 Å². The standard InChI is InChI=1S/C20H22N2O5/c1-13-9-15(11-17(25-2)18(13)21)10-16(19(23)26-3)22-20(24)27-12-14-7-5-4-6-8-14/h4-11H,12,21H2,1-3H3,(H,22,24)/b16-10-. The van der Waals surface area contributed by atoms with Crippen molar-refractivity contribution in [3.8, 4) is 5.75 Å². The quantitative estimate of drug-likeness (QED) is 0.461. The summed E-state index contributed by atoms with van der Waals surface area (Å²) in [6.45, 7) is 1.89. The van der Waals surface area contributed by atoms with Crippen LogP contribution in [-0.2, 0) is 20.9 Å². The number of ether oxygens (including phenoxy) is 3. The van der Waals surface area contributed by atoms with Gasteiger partial charge in [0.05, 0.1) is 19.9 Å². The summed E-state index contributed by atoms with van der Waals surface area (Å²) in [5.74, 6) is -0.239. The molecule has 3 N–H and O–H groups in total. The molecule has 2 aromatic rings. The number of rotatable bonds is 6. The van der Waals surface area contributed by atoms with Crippen molar-refractivity contribution in [2.75, 3.05) is 20.0 Å². The summed E-state index contributed by atoms with van der Waals surface area (Å²) in [4.78, 5) is 24.1. The molecule has 0 unspecified atom stereocenters. The number of hydrogen-bond acceptors (Lipinski definition) is 6. The number of anilines is 1. The summed E-state index contributed by atoms with van der Waals surface area (Å²) in [5, 5.41) is 2.41. The maximum atomic E-state index is 12.1. The van der Waals surface area contributed by atoms with Crippen LogP contribution in [0.4, 0.5) is 10.5 Å². The Kier molecular flexibility index (Phi) is 6.82. The predicted molar refractivity (Wildman–Crippen MR) is 102 cm³/mol. The molecule has 0 bridgehead atoms. The Bertz CT molecular complexity index is 847. The van der Waals surface area contributed by atoms with Gasteiger partial charge >= 0.3 is 12.1 Å². The number of amides is 1. The molecule has 0 atom stereocenters. The number of carbonyl (C=O) groups is 2. The molecule has 0 heterocycles. The number of nitrogens with two attached hydrogens (primary N) is 1. The second kappa shape index (κ2) is 9.28. The Morgan fingerprint density at radius 1 is 1.15 bits per heavy atom. The monoisotopic (exact) mass is 370 g/mol. The molecule has 2 rings (SSSR count). The molecule has 0 aromatic heterocycles. The Morgan fingerprint density at radius 3 is 2.48 bits per heavy atom. The maximum Gasteiger partial charge on any atom is 0.412 e. The number of nitrogen functional groups attached to an aromatic ring is 1. The zero-order chi connectivity index (χ0) is 19.8. The number of esters is 1. The fourth-order valence-electron chi connectivity index (χ4n) is 2.34. The van der Waals surface area contributed by atoms with E-state index in [4.69, 9.17) is 19.9 Å². The summed E-state index contributed by atoms with van der Waals surface area (Å²) in [5.41, 5.74) is 8.58. The summed E-state index contributed by atoms with van der Waals surface area (Å²) in [6, 6.07) is 12.6. The highest BCUT2D eigenvalue weighted by molar-refractivity contribution is 5.96. The van der Waals surface area contributed by atoms with Gasteiger partial charge in [0.15, 0.2) is 0 Å². The van der Waals surface area contributed by atoms with Gasteiger partial charge in [-0.2, -0.15) is 0 Å². The number of carbonyl (C=O) groups excluding carboxylic acids is 2. The molecule has 0 saturated carbocycles. The highest BCUT2D eigenvalue weighted by Crippen LogP contribution is 2.27. The van der Waals surface area contributed by atoms with Crippen LogP contribution in [-0.4, -0.2) is 26.3 Å². The van der Waals surface area contributed by atoms with Gasteiger partial charge in [0.2, 0.25) is 0 Å². The molecule has 0 spiro atoms. The second-order valence-corrected chi connectivity index (χ2v) is 5.69. The lowest BCUT2D eigenvalue weighted by atomic mass is 10.1.